The molecule has 5 heteroatoms. The molecule has 0 aliphatic carbocycles. The molecule has 0 aromatic rings. The van der Waals surface area contributed by atoms with E-state index in [1.54, 1.807) is 19.0 Å². The van der Waals surface area contributed by atoms with E-state index in [4.69, 9.17) is 5.26 Å². The van der Waals surface area contributed by atoms with Crippen LogP contribution in [0, 0.1) is 11.3 Å². The lowest BCUT2D eigenvalue weighted by atomic mass is 10.0. The second-order valence-corrected chi connectivity index (χ2v) is 4.70. The SMILES string of the molecule is CN(C)C(=O)CN1CCC(NCCC#N)CC1. The van der Waals surface area contributed by atoms with Crippen molar-refractivity contribution in [2.24, 2.45) is 0 Å². The molecule has 0 aromatic heterocycles. The first-order valence-electron chi connectivity index (χ1n) is 6.16. The van der Waals surface area contributed by atoms with Crippen LogP contribution < -0.4 is 5.32 Å². The van der Waals surface area contributed by atoms with Gasteiger partial charge >= 0.3 is 0 Å². The Morgan fingerprint density at radius 3 is 2.65 bits per heavy atom. The lowest BCUT2D eigenvalue weighted by Gasteiger charge is -2.32. The van der Waals surface area contributed by atoms with Crippen LogP contribution in [0.25, 0.3) is 0 Å². The predicted molar refractivity (Wildman–Crippen MR) is 66.4 cm³/mol. The van der Waals surface area contributed by atoms with E-state index in [-0.39, 0.29) is 5.91 Å². The van der Waals surface area contributed by atoms with Crippen molar-refractivity contribution < 1.29 is 4.79 Å². The number of carbonyl (C=O) groups excluding carboxylic acids is 1. The van der Waals surface area contributed by atoms with E-state index in [1.807, 2.05) is 0 Å². The minimum absolute atomic E-state index is 0.167. The number of hydrogen-bond acceptors (Lipinski definition) is 4. The lowest BCUT2D eigenvalue weighted by Crippen LogP contribution is -2.46. The van der Waals surface area contributed by atoms with Crippen LogP contribution in [0.15, 0.2) is 0 Å². The normalized spacial score (nSPS) is 17.7. The summed E-state index contributed by atoms with van der Waals surface area (Å²) in [5, 5.41) is 11.8. The zero-order valence-corrected chi connectivity index (χ0v) is 10.8. The average molecular weight is 238 g/mol. The maximum absolute atomic E-state index is 11.5. The quantitative estimate of drug-likeness (QED) is 0.687. The number of nitrogens with one attached hydrogen (secondary N) is 1. The Bertz CT molecular complexity index is 277. The van der Waals surface area contributed by atoms with Crippen LogP contribution in [0.3, 0.4) is 0 Å². The highest BCUT2D eigenvalue weighted by Gasteiger charge is 2.20. The van der Waals surface area contributed by atoms with Gasteiger partial charge in [-0.15, -0.1) is 0 Å². The number of rotatable bonds is 5. The Labute approximate surface area is 103 Å². The van der Waals surface area contributed by atoms with Crippen LogP contribution >= 0.6 is 0 Å². The van der Waals surface area contributed by atoms with Gasteiger partial charge in [-0.1, -0.05) is 0 Å². The maximum atomic E-state index is 11.5. The first kappa shape index (κ1) is 13.9. The van der Waals surface area contributed by atoms with Crippen LogP contribution in [-0.2, 0) is 4.79 Å². The van der Waals surface area contributed by atoms with E-state index in [0.29, 0.717) is 19.0 Å². The number of nitrogens with zero attached hydrogens (tertiary/aromatic N) is 3. The topological polar surface area (TPSA) is 59.4 Å². The van der Waals surface area contributed by atoms with Gasteiger partial charge in [0.05, 0.1) is 12.6 Å². The van der Waals surface area contributed by atoms with Gasteiger partial charge in [0.25, 0.3) is 0 Å². The summed E-state index contributed by atoms with van der Waals surface area (Å²) in [6.45, 7) is 3.23. The van der Waals surface area contributed by atoms with Crippen molar-refractivity contribution in [3.05, 3.63) is 0 Å². The maximum Gasteiger partial charge on any atom is 0.236 e. The monoisotopic (exact) mass is 238 g/mol. The molecular formula is C12H22N4O. The van der Waals surface area contributed by atoms with Crippen molar-refractivity contribution >= 4 is 5.91 Å². The van der Waals surface area contributed by atoms with E-state index >= 15 is 0 Å². The van der Waals surface area contributed by atoms with Gasteiger partial charge in [-0.05, 0) is 12.8 Å². The van der Waals surface area contributed by atoms with E-state index in [9.17, 15) is 4.79 Å². The predicted octanol–water partition coefficient (Wildman–Crippen LogP) is 0.0423. The first-order valence-corrected chi connectivity index (χ1v) is 6.16. The minimum atomic E-state index is 0.167. The summed E-state index contributed by atoms with van der Waals surface area (Å²) in [6, 6.07) is 2.64. The molecule has 1 aliphatic heterocycles. The summed E-state index contributed by atoms with van der Waals surface area (Å²) >= 11 is 0. The van der Waals surface area contributed by atoms with Gasteiger partial charge < -0.3 is 10.2 Å². The lowest BCUT2D eigenvalue weighted by molar-refractivity contribution is -0.130. The largest absolute Gasteiger partial charge is 0.348 e. The highest BCUT2D eigenvalue weighted by molar-refractivity contribution is 5.77. The molecule has 1 N–H and O–H groups in total. The standard InChI is InChI=1S/C12H22N4O/c1-15(2)12(17)10-16-8-4-11(5-9-16)14-7-3-6-13/h11,14H,3-5,7-10H2,1-2H3. The molecule has 0 spiro atoms. The third-order valence-corrected chi connectivity index (χ3v) is 3.12. The Hall–Kier alpha value is -1.12. The second kappa shape index (κ2) is 7.25. The van der Waals surface area contributed by atoms with Gasteiger partial charge in [-0.25, -0.2) is 0 Å². The molecule has 1 fully saturated rings. The van der Waals surface area contributed by atoms with Crippen LogP contribution in [0.1, 0.15) is 19.3 Å². The molecule has 1 heterocycles. The molecule has 0 unspecified atom stereocenters. The van der Waals surface area contributed by atoms with Gasteiger partial charge in [-0.3, -0.25) is 9.69 Å². The van der Waals surface area contributed by atoms with Crippen molar-refractivity contribution in [2.75, 3.05) is 40.3 Å². The fourth-order valence-electron chi connectivity index (χ4n) is 1.96. The zero-order valence-electron chi connectivity index (χ0n) is 10.8. The fraction of sp³-hybridized carbons (Fsp3) is 0.833. The second-order valence-electron chi connectivity index (χ2n) is 4.70. The van der Waals surface area contributed by atoms with Gasteiger partial charge in [0, 0.05) is 46.2 Å². The minimum Gasteiger partial charge on any atom is -0.348 e. The molecule has 0 radical (unpaired) electrons. The molecule has 0 aromatic carbocycles. The molecule has 1 rings (SSSR count). The molecule has 5 nitrogen and oxygen atoms in total. The van der Waals surface area contributed by atoms with E-state index < -0.39 is 0 Å². The smallest absolute Gasteiger partial charge is 0.236 e. The summed E-state index contributed by atoms with van der Waals surface area (Å²) < 4.78 is 0. The average Bonchev–Trinajstić information content (AvgIpc) is 2.31. The molecule has 0 saturated carbocycles. The van der Waals surface area contributed by atoms with E-state index in [0.717, 1.165) is 32.5 Å². The van der Waals surface area contributed by atoms with Crippen molar-refractivity contribution in [2.45, 2.75) is 25.3 Å². The van der Waals surface area contributed by atoms with Gasteiger partial charge in [0.15, 0.2) is 0 Å². The zero-order chi connectivity index (χ0) is 12.7. The highest BCUT2D eigenvalue weighted by atomic mass is 16.2. The Morgan fingerprint density at radius 1 is 1.47 bits per heavy atom. The number of nitriles is 1. The number of piperidine rings is 1. The van der Waals surface area contributed by atoms with Crippen molar-refractivity contribution in [1.29, 1.82) is 5.26 Å². The molecule has 1 aliphatic rings. The van der Waals surface area contributed by atoms with Gasteiger partial charge in [0.1, 0.15) is 0 Å². The molecule has 96 valence electrons. The molecule has 0 atom stereocenters. The van der Waals surface area contributed by atoms with Gasteiger partial charge in [0.2, 0.25) is 5.91 Å². The van der Waals surface area contributed by atoms with Crippen LogP contribution in [0.4, 0.5) is 0 Å². The fourth-order valence-corrected chi connectivity index (χ4v) is 1.96. The van der Waals surface area contributed by atoms with Crippen molar-refractivity contribution in [1.82, 2.24) is 15.1 Å². The van der Waals surface area contributed by atoms with Crippen LogP contribution in [0.5, 0.6) is 0 Å². The van der Waals surface area contributed by atoms with E-state index in [1.165, 1.54) is 0 Å². The number of likely N-dealkylation sites (tertiary alicyclic amines) is 1. The number of likely N-dealkylation sites (N-methyl/N-ethyl adjacent to an activating group) is 1. The van der Waals surface area contributed by atoms with Crippen molar-refractivity contribution in [3.8, 4) is 6.07 Å². The Morgan fingerprint density at radius 2 is 2.12 bits per heavy atom. The van der Waals surface area contributed by atoms with Crippen LogP contribution in [0.2, 0.25) is 0 Å². The summed E-state index contributed by atoms with van der Waals surface area (Å²) in [4.78, 5) is 15.4. The summed E-state index contributed by atoms with van der Waals surface area (Å²) in [5.41, 5.74) is 0. The van der Waals surface area contributed by atoms with Crippen molar-refractivity contribution in [3.63, 3.8) is 0 Å². The Balaban J connectivity index is 2.17. The number of amides is 1. The molecular weight excluding hydrogens is 216 g/mol. The summed E-state index contributed by atoms with van der Waals surface area (Å²) in [6.07, 6.45) is 2.69. The summed E-state index contributed by atoms with van der Waals surface area (Å²) in [7, 11) is 3.58. The molecule has 1 saturated heterocycles. The van der Waals surface area contributed by atoms with E-state index in [2.05, 4.69) is 16.3 Å². The third-order valence-electron chi connectivity index (χ3n) is 3.12. The number of carbonyl (C=O) groups is 1. The Kier molecular flexibility index (Phi) is 5.95. The molecule has 1 amide bonds. The molecule has 17 heavy (non-hydrogen) atoms. The highest BCUT2D eigenvalue weighted by Crippen LogP contribution is 2.10. The summed E-state index contributed by atoms with van der Waals surface area (Å²) in [5.74, 6) is 0.167. The van der Waals surface area contributed by atoms with Gasteiger partial charge in [-0.2, -0.15) is 5.26 Å². The number of hydrogen-bond donors (Lipinski definition) is 1. The first-order chi connectivity index (χ1) is 8.13. The molecule has 0 bridgehead atoms. The van der Waals surface area contributed by atoms with Crippen LogP contribution in [-0.4, -0.2) is 62.0 Å². The third kappa shape index (κ3) is 5.16.